The molecule has 11 heteroatoms. The third-order valence-electron chi connectivity index (χ3n) is 5.08. The van der Waals surface area contributed by atoms with Crippen LogP contribution >= 0.6 is 0 Å². The summed E-state index contributed by atoms with van der Waals surface area (Å²) in [5, 5.41) is 20.5. The minimum absolute atomic E-state index is 0.0795. The molecule has 1 aliphatic heterocycles. The highest BCUT2D eigenvalue weighted by Crippen LogP contribution is 2.33. The van der Waals surface area contributed by atoms with Gasteiger partial charge in [-0.15, -0.1) is 5.10 Å². The monoisotopic (exact) mass is 414 g/mol. The van der Waals surface area contributed by atoms with Crippen LogP contribution in [0.5, 0.6) is 5.75 Å². The van der Waals surface area contributed by atoms with Crippen LogP contribution in [0.4, 0.5) is 10.4 Å². The lowest BCUT2D eigenvalue weighted by Crippen LogP contribution is -2.53. The van der Waals surface area contributed by atoms with E-state index in [4.69, 9.17) is 4.42 Å². The van der Waals surface area contributed by atoms with E-state index in [2.05, 4.69) is 20.5 Å². The number of nitrogens with one attached hydrogen (secondary N) is 1. The largest absolute Gasteiger partial charge is 0.501 e. The fraction of sp³-hybridized carbons (Fsp3) is 0.316. The maximum Gasteiger partial charge on any atom is 0.318 e. The average Bonchev–Trinajstić information content (AvgIpc) is 3.24. The molecule has 1 aliphatic rings. The molecule has 1 aromatic carbocycles. The minimum Gasteiger partial charge on any atom is -0.501 e. The fourth-order valence-corrected chi connectivity index (χ4v) is 3.47. The molecule has 0 radical (unpaired) electrons. The lowest BCUT2D eigenvalue weighted by atomic mass is 9.98. The third kappa shape index (κ3) is 3.27. The van der Waals surface area contributed by atoms with Gasteiger partial charge in [-0.3, -0.25) is 14.2 Å². The van der Waals surface area contributed by atoms with Crippen LogP contribution in [0.3, 0.4) is 0 Å². The van der Waals surface area contributed by atoms with E-state index < -0.39 is 22.8 Å². The summed E-state index contributed by atoms with van der Waals surface area (Å²) in [6.45, 7) is 4.27. The highest BCUT2D eigenvalue weighted by atomic mass is 19.1. The average molecular weight is 414 g/mol. The van der Waals surface area contributed by atoms with E-state index in [1.54, 1.807) is 18.7 Å². The number of rotatable bonds is 4. The van der Waals surface area contributed by atoms with Gasteiger partial charge in [0.1, 0.15) is 11.6 Å². The Morgan fingerprint density at radius 2 is 2.03 bits per heavy atom. The van der Waals surface area contributed by atoms with Crippen molar-refractivity contribution in [2.24, 2.45) is 0 Å². The van der Waals surface area contributed by atoms with Crippen LogP contribution in [0, 0.1) is 5.82 Å². The van der Waals surface area contributed by atoms with Crippen molar-refractivity contribution < 1.29 is 18.7 Å². The van der Waals surface area contributed by atoms with Crippen molar-refractivity contribution in [1.82, 2.24) is 25.1 Å². The third-order valence-corrected chi connectivity index (χ3v) is 5.08. The highest BCUT2D eigenvalue weighted by molar-refractivity contribution is 5.94. The predicted molar refractivity (Wildman–Crippen MR) is 102 cm³/mol. The number of benzene rings is 1. The Kier molecular flexibility index (Phi) is 4.72. The second-order valence-electron chi connectivity index (χ2n) is 7.33. The number of anilines is 1. The van der Waals surface area contributed by atoms with Gasteiger partial charge in [0.2, 0.25) is 12.1 Å². The van der Waals surface area contributed by atoms with Crippen LogP contribution < -0.4 is 15.8 Å². The molecule has 0 spiro atoms. The van der Waals surface area contributed by atoms with Gasteiger partial charge >= 0.3 is 6.01 Å². The summed E-state index contributed by atoms with van der Waals surface area (Å²) < 4.78 is 19.6. The molecular weight excluding hydrogens is 395 g/mol. The molecule has 4 rings (SSSR count). The van der Waals surface area contributed by atoms with E-state index >= 15 is 0 Å². The molecule has 0 aliphatic carbocycles. The van der Waals surface area contributed by atoms with Crippen molar-refractivity contribution in [1.29, 1.82) is 0 Å². The molecule has 30 heavy (non-hydrogen) atoms. The smallest absolute Gasteiger partial charge is 0.318 e. The predicted octanol–water partition coefficient (Wildman–Crippen LogP) is 1.16. The molecular formula is C19H19FN6O4. The number of aromatic nitrogens is 4. The summed E-state index contributed by atoms with van der Waals surface area (Å²) in [7, 11) is 0. The molecule has 2 N–H and O–H groups in total. The summed E-state index contributed by atoms with van der Waals surface area (Å²) >= 11 is 0. The number of carbonyl (C=O) groups is 1. The van der Waals surface area contributed by atoms with Crippen LogP contribution in [0.25, 0.3) is 0 Å². The number of amides is 1. The standard InChI is InChI=1S/C19H19FN6O4/c1-19(2)17-23-13(15(28)21-9-11-3-5-12(20)6-4-11)14(27)16(29)25(17)7-8-26(19)18-24-22-10-30-18/h3-6,10,27H,7-9H2,1-2H3,(H,21,28). The maximum atomic E-state index is 13.0. The lowest BCUT2D eigenvalue weighted by Gasteiger charge is -2.41. The number of hydrogen-bond donors (Lipinski definition) is 2. The van der Waals surface area contributed by atoms with Crippen molar-refractivity contribution in [2.45, 2.75) is 32.5 Å². The Morgan fingerprint density at radius 3 is 2.70 bits per heavy atom. The normalized spacial score (nSPS) is 15.0. The van der Waals surface area contributed by atoms with Crippen LogP contribution in [-0.4, -0.2) is 37.3 Å². The minimum atomic E-state index is -0.871. The Labute approximate surface area is 170 Å². The molecule has 10 nitrogen and oxygen atoms in total. The molecule has 3 heterocycles. The second-order valence-corrected chi connectivity index (χ2v) is 7.33. The molecule has 0 saturated carbocycles. The molecule has 2 aromatic heterocycles. The number of hydrogen-bond acceptors (Lipinski definition) is 8. The zero-order valence-electron chi connectivity index (χ0n) is 16.3. The maximum absolute atomic E-state index is 13.0. The van der Waals surface area contributed by atoms with Gasteiger partial charge in [0.25, 0.3) is 11.5 Å². The Balaban J connectivity index is 1.66. The quantitative estimate of drug-likeness (QED) is 0.651. The highest BCUT2D eigenvalue weighted by Gasteiger charge is 2.41. The number of nitrogens with zero attached hydrogens (tertiary/aromatic N) is 5. The molecule has 0 fully saturated rings. The molecule has 0 saturated heterocycles. The summed E-state index contributed by atoms with van der Waals surface area (Å²) in [6.07, 6.45) is 1.20. The first-order chi connectivity index (χ1) is 14.3. The van der Waals surface area contributed by atoms with Crippen molar-refractivity contribution in [3.63, 3.8) is 0 Å². The Hall–Kier alpha value is -3.76. The van der Waals surface area contributed by atoms with Crippen LogP contribution in [-0.2, 0) is 18.6 Å². The van der Waals surface area contributed by atoms with E-state index in [0.29, 0.717) is 12.1 Å². The first kappa shape index (κ1) is 19.6. The zero-order valence-corrected chi connectivity index (χ0v) is 16.3. The summed E-state index contributed by atoms with van der Waals surface area (Å²) in [6, 6.07) is 5.86. The van der Waals surface area contributed by atoms with Gasteiger partial charge in [-0.1, -0.05) is 17.2 Å². The molecule has 0 atom stereocenters. The Morgan fingerprint density at radius 1 is 1.30 bits per heavy atom. The van der Waals surface area contributed by atoms with Gasteiger partial charge < -0.3 is 19.7 Å². The second kappa shape index (κ2) is 7.25. The number of fused-ring (bicyclic) bond motifs is 1. The van der Waals surface area contributed by atoms with Crippen LogP contribution in [0.1, 0.15) is 35.7 Å². The van der Waals surface area contributed by atoms with Crippen molar-refractivity contribution in [3.8, 4) is 5.75 Å². The van der Waals surface area contributed by atoms with Crippen molar-refractivity contribution in [2.75, 3.05) is 11.4 Å². The van der Waals surface area contributed by atoms with Gasteiger partial charge in [0.05, 0.1) is 5.54 Å². The van der Waals surface area contributed by atoms with E-state index in [9.17, 15) is 19.1 Å². The Bertz CT molecular complexity index is 1140. The number of halogens is 1. The zero-order chi connectivity index (χ0) is 21.5. The summed E-state index contributed by atoms with van der Waals surface area (Å²) in [5.74, 6) is -1.55. The fourth-order valence-electron chi connectivity index (χ4n) is 3.47. The van der Waals surface area contributed by atoms with E-state index in [0.717, 1.165) is 0 Å². The SMILES string of the molecule is CC1(C)c2nc(C(=O)NCc3ccc(F)cc3)c(O)c(=O)n2CCN1c1nnco1. The summed E-state index contributed by atoms with van der Waals surface area (Å²) in [4.78, 5) is 31.5. The summed E-state index contributed by atoms with van der Waals surface area (Å²) in [5.41, 5.74) is -1.30. The van der Waals surface area contributed by atoms with Crippen LogP contribution in [0.15, 0.2) is 39.9 Å². The van der Waals surface area contributed by atoms with Gasteiger partial charge in [0, 0.05) is 19.6 Å². The molecule has 0 unspecified atom stereocenters. The van der Waals surface area contributed by atoms with Crippen molar-refractivity contribution >= 4 is 11.9 Å². The van der Waals surface area contributed by atoms with Gasteiger partial charge in [0.15, 0.2) is 5.69 Å². The van der Waals surface area contributed by atoms with Gasteiger partial charge in [-0.05, 0) is 31.5 Å². The van der Waals surface area contributed by atoms with Gasteiger partial charge in [-0.25, -0.2) is 9.37 Å². The number of aromatic hydroxyl groups is 1. The van der Waals surface area contributed by atoms with Gasteiger partial charge in [-0.2, -0.15) is 0 Å². The molecule has 156 valence electrons. The van der Waals surface area contributed by atoms with E-state index in [-0.39, 0.29) is 36.4 Å². The van der Waals surface area contributed by atoms with Crippen LogP contribution in [0.2, 0.25) is 0 Å². The van der Waals surface area contributed by atoms with E-state index in [1.165, 1.54) is 35.2 Å². The van der Waals surface area contributed by atoms with Crippen molar-refractivity contribution in [3.05, 3.63) is 63.9 Å². The first-order valence-corrected chi connectivity index (χ1v) is 9.20. The topological polar surface area (TPSA) is 126 Å². The first-order valence-electron chi connectivity index (χ1n) is 9.20. The molecule has 1 amide bonds. The molecule has 3 aromatic rings. The number of carbonyl (C=O) groups excluding carboxylic acids is 1. The van der Waals surface area contributed by atoms with E-state index in [1.807, 2.05) is 0 Å². The molecule has 0 bridgehead atoms. The lowest BCUT2D eigenvalue weighted by molar-refractivity contribution is 0.0941.